The molecular weight excluding hydrogens is 450 g/mol. The van der Waals surface area contributed by atoms with Crippen molar-refractivity contribution in [2.75, 3.05) is 11.9 Å². The molecule has 0 saturated heterocycles. The summed E-state index contributed by atoms with van der Waals surface area (Å²) < 4.78 is 1.55. The second-order valence-corrected chi connectivity index (χ2v) is 10.3. The minimum atomic E-state index is -0.562. The van der Waals surface area contributed by atoms with E-state index in [9.17, 15) is 14.7 Å². The highest BCUT2D eigenvalue weighted by atomic mass is 32.1. The molecule has 0 radical (unpaired) electrons. The van der Waals surface area contributed by atoms with E-state index in [2.05, 4.69) is 33.1 Å². The van der Waals surface area contributed by atoms with Crippen LogP contribution in [0.15, 0.2) is 35.3 Å². The molecule has 9 heteroatoms. The Labute approximate surface area is 202 Å². The Kier molecular flexibility index (Phi) is 6.24. The lowest BCUT2D eigenvalue weighted by atomic mass is 10.0. The summed E-state index contributed by atoms with van der Waals surface area (Å²) in [6.07, 6.45) is 2.85. The Hall–Kier alpha value is -3.01. The van der Waals surface area contributed by atoms with E-state index < -0.39 is 12.1 Å². The van der Waals surface area contributed by atoms with Crippen molar-refractivity contribution in [3.05, 3.63) is 78.5 Å². The number of aromatic nitrogens is 2. The number of rotatable bonds is 7. The lowest BCUT2D eigenvalue weighted by Crippen LogP contribution is -2.36. The predicted octanol–water partition coefficient (Wildman–Crippen LogP) is 2.47. The molecule has 5 rings (SSSR count). The summed E-state index contributed by atoms with van der Waals surface area (Å²) in [4.78, 5) is 33.2. The molecule has 178 valence electrons. The maximum atomic E-state index is 13.3. The summed E-state index contributed by atoms with van der Waals surface area (Å²) in [6, 6.07) is 7.14. The monoisotopic (exact) mass is 479 g/mol. The van der Waals surface area contributed by atoms with Crippen LogP contribution in [-0.4, -0.2) is 27.2 Å². The fraction of sp³-hybridized carbons (Fsp3) is 0.400. The van der Waals surface area contributed by atoms with Gasteiger partial charge in [-0.3, -0.25) is 14.2 Å². The van der Waals surface area contributed by atoms with Crippen molar-refractivity contribution in [1.82, 2.24) is 20.2 Å². The van der Waals surface area contributed by atoms with E-state index >= 15 is 0 Å². The number of nitrogens with zero attached hydrogens (tertiary/aromatic N) is 2. The third-order valence-corrected chi connectivity index (χ3v) is 7.66. The van der Waals surface area contributed by atoms with Crippen molar-refractivity contribution in [3.63, 3.8) is 0 Å². The van der Waals surface area contributed by atoms with Gasteiger partial charge in [-0.25, -0.2) is 4.98 Å². The first kappa shape index (κ1) is 22.8. The number of fused-ring (bicyclic) bond motifs is 2. The quantitative estimate of drug-likeness (QED) is 0.415. The maximum absolute atomic E-state index is 13.3. The van der Waals surface area contributed by atoms with Crippen molar-refractivity contribution >= 4 is 23.1 Å². The van der Waals surface area contributed by atoms with Crippen molar-refractivity contribution in [1.29, 1.82) is 0 Å². The van der Waals surface area contributed by atoms with Crippen LogP contribution in [0.3, 0.4) is 0 Å². The van der Waals surface area contributed by atoms with Crippen LogP contribution in [0.2, 0.25) is 0 Å². The highest BCUT2D eigenvalue weighted by Crippen LogP contribution is 2.28. The normalized spacial score (nSPS) is 17.3. The highest BCUT2D eigenvalue weighted by molar-refractivity contribution is 7.12. The third-order valence-electron chi connectivity index (χ3n) is 6.49. The van der Waals surface area contributed by atoms with Gasteiger partial charge in [0.2, 0.25) is 5.91 Å². The molecule has 1 aromatic carbocycles. The number of nitrogens with one attached hydrogen (secondary N) is 3. The summed E-state index contributed by atoms with van der Waals surface area (Å²) in [5, 5.41) is 19.4. The van der Waals surface area contributed by atoms with Gasteiger partial charge in [0.1, 0.15) is 6.04 Å². The van der Waals surface area contributed by atoms with Gasteiger partial charge in [-0.2, -0.15) is 0 Å². The molecule has 34 heavy (non-hydrogen) atoms. The number of hydrogen-bond donors (Lipinski definition) is 4. The first-order valence-corrected chi connectivity index (χ1v) is 12.4. The van der Waals surface area contributed by atoms with Gasteiger partial charge in [0.15, 0.2) is 5.82 Å². The summed E-state index contributed by atoms with van der Waals surface area (Å²) >= 11 is 1.72. The fourth-order valence-corrected chi connectivity index (χ4v) is 6.01. The molecule has 0 unspecified atom stereocenters. The SMILES string of the molecule is Cc1cc(C)cc([C@@H](CO)Nc2ncc3n(c2=O)[C@H](C(=O)NCc2cc4c(s2)CNC4)CC3)c1. The van der Waals surface area contributed by atoms with Crippen molar-refractivity contribution in [2.45, 2.75) is 58.4 Å². The van der Waals surface area contributed by atoms with Gasteiger partial charge in [-0.1, -0.05) is 29.3 Å². The standard InChI is InChI=1S/C25H29N5O3S/c1-14-5-15(2)7-16(6-14)20(13-31)29-23-25(33)30-18(10-27-23)3-4-21(30)24(32)28-11-19-8-17-9-26-12-22(17)34-19/h5-8,10,20-21,26,31H,3-4,9,11-13H2,1-2H3,(H,27,29)(H,28,32)/t20-,21+/m1/s1. The number of hydrogen-bond acceptors (Lipinski definition) is 7. The molecule has 2 aliphatic rings. The summed E-state index contributed by atoms with van der Waals surface area (Å²) in [7, 11) is 0. The van der Waals surface area contributed by atoms with Gasteiger partial charge in [-0.15, -0.1) is 11.3 Å². The second-order valence-electron chi connectivity index (χ2n) is 9.11. The number of aryl methyl sites for hydroxylation is 3. The van der Waals surface area contributed by atoms with Gasteiger partial charge in [0, 0.05) is 34.7 Å². The summed E-state index contributed by atoms with van der Waals surface area (Å²) in [5.74, 6) is -0.0125. The fourth-order valence-electron chi connectivity index (χ4n) is 4.92. The summed E-state index contributed by atoms with van der Waals surface area (Å²) in [6.45, 7) is 6.04. The van der Waals surface area contributed by atoms with Gasteiger partial charge < -0.3 is 21.1 Å². The Morgan fingerprint density at radius 2 is 2.06 bits per heavy atom. The maximum Gasteiger partial charge on any atom is 0.294 e. The van der Waals surface area contributed by atoms with Crippen LogP contribution in [0.5, 0.6) is 0 Å². The third kappa shape index (κ3) is 4.38. The lowest BCUT2D eigenvalue weighted by molar-refractivity contribution is -0.124. The molecule has 4 N–H and O–H groups in total. The van der Waals surface area contributed by atoms with Gasteiger partial charge in [-0.05, 0) is 43.9 Å². The molecule has 0 aliphatic carbocycles. The van der Waals surface area contributed by atoms with E-state index in [0.29, 0.717) is 19.4 Å². The van der Waals surface area contributed by atoms with Gasteiger partial charge >= 0.3 is 0 Å². The van der Waals surface area contributed by atoms with Crippen LogP contribution >= 0.6 is 11.3 Å². The molecule has 2 aromatic heterocycles. The van der Waals surface area contributed by atoms with Crippen LogP contribution < -0.4 is 21.5 Å². The summed E-state index contributed by atoms with van der Waals surface area (Å²) in [5.41, 5.74) is 4.78. The van der Waals surface area contributed by atoms with Crippen molar-refractivity contribution in [3.8, 4) is 0 Å². The van der Waals surface area contributed by atoms with Gasteiger partial charge in [0.05, 0.1) is 19.2 Å². The number of thiophene rings is 1. The van der Waals surface area contributed by atoms with Crippen LogP contribution in [0, 0.1) is 13.8 Å². The number of aliphatic hydroxyl groups is 1. The zero-order valence-electron chi connectivity index (χ0n) is 19.4. The largest absolute Gasteiger partial charge is 0.394 e. The van der Waals surface area contributed by atoms with E-state index in [0.717, 1.165) is 40.4 Å². The first-order valence-electron chi connectivity index (χ1n) is 11.6. The van der Waals surface area contributed by atoms with E-state index in [4.69, 9.17) is 0 Å². The number of anilines is 1. The minimum Gasteiger partial charge on any atom is -0.394 e. The zero-order valence-corrected chi connectivity index (χ0v) is 20.2. The van der Waals surface area contributed by atoms with Crippen LogP contribution in [0.25, 0.3) is 0 Å². The van der Waals surface area contributed by atoms with Crippen LogP contribution in [0.4, 0.5) is 5.82 Å². The van der Waals surface area contributed by atoms with Crippen LogP contribution in [0.1, 0.15) is 56.2 Å². The molecule has 0 saturated carbocycles. The Morgan fingerprint density at radius 3 is 2.79 bits per heavy atom. The number of amides is 1. The van der Waals surface area contributed by atoms with Crippen molar-refractivity contribution < 1.29 is 9.90 Å². The predicted molar refractivity (Wildman–Crippen MR) is 132 cm³/mol. The number of benzene rings is 1. The first-order chi connectivity index (χ1) is 16.4. The Balaban J connectivity index is 1.33. The number of carbonyl (C=O) groups excluding carboxylic acids is 1. The average Bonchev–Trinajstić information content (AvgIpc) is 3.51. The van der Waals surface area contributed by atoms with Crippen molar-refractivity contribution in [2.24, 2.45) is 0 Å². The van der Waals surface area contributed by atoms with Crippen LogP contribution in [-0.2, 0) is 30.8 Å². The molecule has 8 nitrogen and oxygen atoms in total. The van der Waals surface area contributed by atoms with E-state index in [1.165, 1.54) is 10.4 Å². The molecule has 3 aromatic rings. The van der Waals surface area contributed by atoms with E-state index in [1.807, 2.05) is 26.0 Å². The highest BCUT2D eigenvalue weighted by Gasteiger charge is 2.31. The molecule has 1 amide bonds. The Bertz CT molecular complexity index is 1260. The average molecular weight is 480 g/mol. The Morgan fingerprint density at radius 1 is 1.26 bits per heavy atom. The molecule has 0 bridgehead atoms. The zero-order chi connectivity index (χ0) is 23.8. The molecule has 4 heterocycles. The molecule has 0 fully saturated rings. The van der Waals surface area contributed by atoms with E-state index in [1.54, 1.807) is 22.1 Å². The van der Waals surface area contributed by atoms with E-state index in [-0.39, 0.29) is 23.9 Å². The topological polar surface area (TPSA) is 108 Å². The molecule has 0 spiro atoms. The van der Waals surface area contributed by atoms with Gasteiger partial charge in [0.25, 0.3) is 5.56 Å². The molecule has 2 aliphatic heterocycles. The number of aliphatic hydroxyl groups excluding tert-OH is 1. The smallest absolute Gasteiger partial charge is 0.294 e. The number of carbonyl (C=O) groups is 1. The second kappa shape index (κ2) is 9.32. The molecule has 2 atom stereocenters. The minimum absolute atomic E-state index is 0.142. The lowest BCUT2D eigenvalue weighted by Gasteiger charge is -2.20. The molecular formula is C25H29N5O3S.